The van der Waals surface area contributed by atoms with E-state index < -0.39 is 0 Å². The van der Waals surface area contributed by atoms with Crippen LogP contribution in [0.2, 0.25) is 0 Å². The first-order valence-corrected chi connectivity index (χ1v) is 8.37. The highest BCUT2D eigenvalue weighted by Crippen LogP contribution is 2.36. The van der Waals surface area contributed by atoms with E-state index >= 15 is 0 Å². The van der Waals surface area contributed by atoms with Crippen LogP contribution in [-0.2, 0) is 6.54 Å². The molecule has 2 heterocycles. The molecule has 0 amide bonds. The second-order valence-corrected chi connectivity index (χ2v) is 6.02. The minimum absolute atomic E-state index is 0.00516. The highest BCUT2D eigenvalue weighted by Gasteiger charge is 2.17. The zero-order chi connectivity index (χ0) is 18.8. The molecule has 0 aliphatic heterocycles. The van der Waals surface area contributed by atoms with Gasteiger partial charge in [-0.2, -0.15) is 0 Å². The number of anilines is 1. The lowest BCUT2D eigenvalue weighted by Crippen LogP contribution is -2.03. The van der Waals surface area contributed by atoms with Gasteiger partial charge in [-0.1, -0.05) is 12.1 Å². The van der Waals surface area contributed by atoms with Gasteiger partial charge in [0.05, 0.1) is 13.3 Å². The fraction of sp³-hybridized carbons (Fsp3) is 0.100. The van der Waals surface area contributed by atoms with Crippen molar-refractivity contribution in [1.82, 2.24) is 14.4 Å². The summed E-state index contributed by atoms with van der Waals surface area (Å²) in [6, 6.07) is 12.2. The summed E-state index contributed by atoms with van der Waals surface area (Å²) in [5, 5.41) is 23.2. The fourth-order valence-corrected chi connectivity index (χ4v) is 2.91. The molecule has 0 radical (unpaired) electrons. The molecule has 2 aromatic heterocycles. The first-order valence-electron chi connectivity index (χ1n) is 8.37. The van der Waals surface area contributed by atoms with Gasteiger partial charge < -0.3 is 20.3 Å². The highest BCUT2D eigenvalue weighted by molar-refractivity contribution is 5.80. The second-order valence-electron chi connectivity index (χ2n) is 6.02. The zero-order valence-electron chi connectivity index (χ0n) is 14.6. The molecule has 3 N–H and O–H groups in total. The van der Waals surface area contributed by atoms with Crippen molar-refractivity contribution in [3.63, 3.8) is 0 Å². The van der Waals surface area contributed by atoms with Crippen LogP contribution in [-0.4, -0.2) is 31.7 Å². The number of methoxy groups -OCH3 is 1. The number of aromatic nitrogens is 3. The molecule has 0 spiro atoms. The normalized spacial score (nSPS) is 10.9. The largest absolute Gasteiger partial charge is 0.508 e. The summed E-state index contributed by atoms with van der Waals surface area (Å²) in [6.45, 7) is 0.561. The van der Waals surface area contributed by atoms with Gasteiger partial charge in [0, 0.05) is 30.6 Å². The smallest absolute Gasteiger partial charge is 0.157 e. The van der Waals surface area contributed by atoms with Crippen molar-refractivity contribution in [3.05, 3.63) is 66.6 Å². The van der Waals surface area contributed by atoms with Crippen LogP contribution in [0.1, 0.15) is 5.56 Å². The lowest BCUT2D eigenvalue weighted by molar-refractivity contribution is 0.414. The Morgan fingerprint density at radius 3 is 2.67 bits per heavy atom. The molecule has 0 aliphatic rings. The molecule has 4 aromatic rings. The van der Waals surface area contributed by atoms with Gasteiger partial charge in [-0.25, -0.2) is 4.98 Å². The third-order valence-corrected chi connectivity index (χ3v) is 4.29. The van der Waals surface area contributed by atoms with Crippen molar-refractivity contribution in [2.75, 3.05) is 12.4 Å². The quantitative estimate of drug-likeness (QED) is 0.504. The molecule has 0 saturated carbocycles. The summed E-state index contributed by atoms with van der Waals surface area (Å²) >= 11 is 0. The van der Waals surface area contributed by atoms with Gasteiger partial charge in [-0.05, 0) is 29.8 Å². The molecule has 0 fully saturated rings. The third kappa shape index (κ3) is 3.22. The van der Waals surface area contributed by atoms with Gasteiger partial charge >= 0.3 is 0 Å². The maximum absolute atomic E-state index is 10.3. The number of aromatic hydroxyl groups is 2. The molecule has 4 rings (SSSR count). The number of ether oxygens (including phenoxy) is 1. The van der Waals surface area contributed by atoms with E-state index in [0.717, 1.165) is 17.1 Å². The molecule has 2 aromatic carbocycles. The first-order chi connectivity index (χ1) is 13.2. The molecule has 0 bridgehead atoms. The van der Waals surface area contributed by atoms with Crippen molar-refractivity contribution in [2.45, 2.75) is 6.54 Å². The number of imidazole rings is 1. The summed E-state index contributed by atoms with van der Waals surface area (Å²) in [6.07, 6.45) is 5.13. The lowest BCUT2D eigenvalue weighted by atomic mass is 10.1. The fourth-order valence-electron chi connectivity index (χ4n) is 2.91. The van der Waals surface area contributed by atoms with Gasteiger partial charge in [-0.15, -0.1) is 0 Å². The molecule has 7 nitrogen and oxygen atoms in total. The van der Waals surface area contributed by atoms with Crippen molar-refractivity contribution in [3.8, 4) is 28.5 Å². The number of phenols is 2. The minimum Gasteiger partial charge on any atom is -0.508 e. The Kier molecular flexibility index (Phi) is 4.25. The SMILES string of the molecule is COc1ccc(CNc2c(-c3ccc(O)cc3O)nc3cnccn23)cc1. The monoisotopic (exact) mass is 362 g/mol. The van der Waals surface area contributed by atoms with Gasteiger partial charge in [0.1, 0.15) is 28.8 Å². The molecular weight excluding hydrogens is 344 g/mol. The highest BCUT2D eigenvalue weighted by atomic mass is 16.5. The van der Waals surface area contributed by atoms with Crippen molar-refractivity contribution >= 4 is 11.5 Å². The number of nitrogens with zero attached hydrogens (tertiary/aromatic N) is 3. The Balaban J connectivity index is 1.73. The molecule has 0 aliphatic carbocycles. The van der Waals surface area contributed by atoms with E-state index in [0.29, 0.717) is 23.4 Å². The predicted molar refractivity (Wildman–Crippen MR) is 102 cm³/mol. The number of benzene rings is 2. The van der Waals surface area contributed by atoms with Gasteiger partial charge in [-0.3, -0.25) is 9.38 Å². The second kappa shape index (κ2) is 6.87. The van der Waals surface area contributed by atoms with Gasteiger partial charge in [0.15, 0.2) is 5.65 Å². The van der Waals surface area contributed by atoms with Crippen molar-refractivity contribution in [1.29, 1.82) is 0 Å². The number of phenolic OH excluding ortho intramolecular Hbond substituents is 2. The van der Waals surface area contributed by atoms with Crippen LogP contribution >= 0.6 is 0 Å². The van der Waals surface area contributed by atoms with Crippen LogP contribution in [0.3, 0.4) is 0 Å². The Morgan fingerprint density at radius 1 is 1.11 bits per heavy atom. The van der Waals surface area contributed by atoms with Gasteiger partial charge in [0.25, 0.3) is 0 Å². The van der Waals surface area contributed by atoms with Crippen molar-refractivity contribution in [2.24, 2.45) is 0 Å². The van der Waals surface area contributed by atoms with Gasteiger partial charge in [0.2, 0.25) is 0 Å². The van der Waals surface area contributed by atoms with E-state index in [-0.39, 0.29) is 11.5 Å². The number of hydrogen-bond acceptors (Lipinski definition) is 6. The Labute approximate surface area is 155 Å². The Hall–Kier alpha value is -3.74. The number of fused-ring (bicyclic) bond motifs is 1. The molecule has 27 heavy (non-hydrogen) atoms. The molecule has 7 heteroatoms. The number of rotatable bonds is 5. The van der Waals surface area contributed by atoms with Crippen LogP contribution in [0.25, 0.3) is 16.9 Å². The predicted octanol–water partition coefficient (Wildman–Crippen LogP) is 3.43. The molecular formula is C20H18N4O3. The van der Waals surface area contributed by atoms with E-state index in [1.165, 1.54) is 12.1 Å². The number of hydrogen-bond donors (Lipinski definition) is 3. The zero-order valence-corrected chi connectivity index (χ0v) is 14.6. The standard InChI is InChI=1S/C20H18N4O3/c1-27-15-5-2-13(3-6-15)11-22-20-19(16-7-4-14(25)10-17(16)26)23-18-12-21-8-9-24(18)20/h2-10,12,22,25-26H,11H2,1H3. The summed E-state index contributed by atoms with van der Waals surface area (Å²) in [7, 11) is 1.64. The summed E-state index contributed by atoms with van der Waals surface area (Å²) in [4.78, 5) is 8.70. The van der Waals surface area contributed by atoms with Crippen LogP contribution in [0.5, 0.6) is 17.2 Å². The average molecular weight is 362 g/mol. The summed E-state index contributed by atoms with van der Waals surface area (Å²) in [5.74, 6) is 1.48. The van der Waals surface area contributed by atoms with Crippen LogP contribution in [0.4, 0.5) is 5.82 Å². The maximum atomic E-state index is 10.3. The van der Waals surface area contributed by atoms with E-state index in [1.807, 2.05) is 28.7 Å². The van der Waals surface area contributed by atoms with Crippen LogP contribution < -0.4 is 10.1 Å². The lowest BCUT2D eigenvalue weighted by Gasteiger charge is -2.10. The summed E-state index contributed by atoms with van der Waals surface area (Å²) < 4.78 is 7.06. The van der Waals surface area contributed by atoms with E-state index in [9.17, 15) is 10.2 Å². The maximum Gasteiger partial charge on any atom is 0.157 e. The topological polar surface area (TPSA) is 91.9 Å². The molecule has 136 valence electrons. The van der Waals surface area contributed by atoms with Crippen LogP contribution in [0.15, 0.2) is 61.1 Å². The number of nitrogens with one attached hydrogen (secondary N) is 1. The molecule has 0 atom stereocenters. The first kappa shape index (κ1) is 16.7. The Morgan fingerprint density at radius 2 is 1.93 bits per heavy atom. The van der Waals surface area contributed by atoms with E-state index in [4.69, 9.17) is 4.74 Å². The Bertz CT molecular complexity index is 1090. The average Bonchev–Trinajstić information content (AvgIpc) is 3.05. The molecule has 0 unspecified atom stereocenters. The van der Waals surface area contributed by atoms with E-state index in [2.05, 4.69) is 15.3 Å². The third-order valence-electron chi connectivity index (χ3n) is 4.29. The minimum atomic E-state index is -0.0427. The van der Waals surface area contributed by atoms with E-state index in [1.54, 1.807) is 31.8 Å². The van der Waals surface area contributed by atoms with Crippen molar-refractivity contribution < 1.29 is 14.9 Å². The van der Waals surface area contributed by atoms with Crippen LogP contribution in [0, 0.1) is 0 Å². The molecule has 0 saturated heterocycles. The summed E-state index contributed by atoms with van der Waals surface area (Å²) in [5.41, 5.74) is 2.82.